The van der Waals surface area contributed by atoms with Crippen LogP contribution in [-0.2, 0) is 0 Å². The second kappa shape index (κ2) is 6.22. The van der Waals surface area contributed by atoms with Gasteiger partial charge < -0.3 is 10.2 Å². The van der Waals surface area contributed by atoms with Crippen LogP contribution in [0.4, 0.5) is 0 Å². The first-order chi connectivity index (χ1) is 11.6. The molecular formula is C18H21ClN4O. The predicted octanol–water partition coefficient (Wildman–Crippen LogP) is 2.66. The minimum Gasteiger partial charge on any atom is -0.333 e. The van der Waals surface area contributed by atoms with Crippen LogP contribution in [0.15, 0.2) is 30.3 Å². The molecule has 5 nitrogen and oxygen atoms in total. The highest BCUT2D eigenvalue weighted by atomic mass is 35.5. The van der Waals surface area contributed by atoms with E-state index < -0.39 is 0 Å². The number of amides is 1. The fourth-order valence-corrected chi connectivity index (χ4v) is 4.10. The number of hydrogen-bond donors (Lipinski definition) is 1. The predicted molar refractivity (Wildman–Crippen MR) is 93.7 cm³/mol. The molecule has 2 fully saturated rings. The van der Waals surface area contributed by atoms with Crippen LogP contribution in [0.25, 0.3) is 5.69 Å². The lowest BCUT2D eigenvalue weighted by Crippen LogP contribution is -2.48. The first-order valence-electron chi connectivity index (χ1n) is 8.48. The van der Waals surface area contributed by atoms with Gasteiger partial charge >= 0.3 is 0 Å². The van der Waals surface area contributed by atoms with Crippen molar-refractivity contribution in [2.45, 2.75) is 25.8 Å². The quantitative estimate of drug-likeness (QED) is 0.911. The highest BCUT2D eigenvalue weighted by Gasteiger charge is 2.38. The number of aryl methyl sites for hydroxylation is 1. The standard InChI is InChI=1S/C18H21ClN4O/c1-12-8-16(21-23(12)15-6-2-5-14(19)9-15)18(24)22-7-3-4-13-10-20-11-17(13)22/h2,5-6,8-9,13,17,20H,3-4,7,10-11H2,1H3/t13-,17+/m0/s1. The van der Waals surface area contributed by atoms with Gasteiger partial charge in [-0.2, -0.15) is 5.10 Å². The number of piperidine rings is 1. The summed E-state index contributed by atoms with van der Waals surface area (Å²) < 4.78 is 1.79. The highest BCUT2D eigenvalue weighted by Crippen LogP contribution is 2.28. The summed E-state index contributed by atoms with van der Waals surface area (Å²) >= 11 is 6.08. The van der Waals surface area contributed by atoms with Gasteiger partial charge in [0.15, 0.2) is 5.69 Å². The minimum atomic E-state index is 0.0391. The topological polar surface area (TPSA) is 50.2 Å². The zero-order valence-corrected chi connectivity index (χ0v) is 14.5. The number of aromatic nitrogens is 2. The summed E-state index contributed by atoms with van der Waals surface area (Å²) in [5, 5.41) is 8.63. The Hall–Kier alpha value is -1.85. The van der Waals surface area contributed by atoms with E-state index in [1.807, 2.05) is 42.2 Å². The zero-order valence-electron chi connectivity index (χ0n) is 13.7. The van der Waals surface area contributed by atoms with Gasteiger partial charge in [0.25, 0.3) is 5.91 Å². The van der Waals surface area contributed by atoms with Gasteiger partial charge in [0, 0.05) is 36.4 Å². The third-order valence-corrected chi connectivity index (χ3v) is 5.33. The zero-order chi connectivity index (χ0) is 16.7. The molecule has 6 heteroatoms. The van der Waals surface area contributed by atoms with E-state index in [1.54, 1.807) is 4.68 Å². The second-order valence-electron chi connectivity index (χ2n) is 6.69. The Labute approximate surface area is 146 Å². The maximum Gasteiger partial charge on any atom is 0.274 e. The Morgan fingerprint density at radius 3 is 3.04 bits per heavy atom. The molecule has 1 aromatic carbocycles. The van der Waals surface area contributed by atoms with Crippen molar-refractivity contribution in [3.63, 3.8) is 0 Å². The number of fused-ring (bicyclic) bond motifs is 1. The van der Waals surface area contributed by atoms with Crippen LogP contribution in [0.2, 0.25) is 5.02 Å². The molecule has 0 spiro atoms. The normalized spacial score (nSPS) is 23.3. The van der Waals surface area contributed by atoms with Gasteiger partial charge in [0.1, 0.15) is 0 Å². The van der Waals surface area contributed by atoms with Crippen LogP contribution in [0.3, 0.4) is 0 Å². The second-order valence-corrected chi connectivity index (χ2v) is 7.13. The smallest absolute Gasteiger partial charge is 0.274 e. The number of benzene rings is 1. The minimum absolute atomic E-state index is 0.0391. The molecule has 2 aliphatic rings. The van der Waals surface area contributed by atoms with E-state index in [2.05, 4.69) is 10.4 Å². The molecule has 3 heterocycles. The Morgan fingerprint density at radius 2 is 2.21 bits per heavy atom. The van der Waals surface area contributed by atoms with Crippen LogP contribution >= 0.6 is 11.6 Å². The molecule has 2 aliphatic heterocycles. The number of carbonyl (C=O) groups is 1. The summed E-state index contributed by atoms with van der Waals surface area (Å²) in [7, 11) is 0. The Bertz CT molecular complexity index is 772. The molecule has 0 radical (unpaired) electrons. The number of likely N-dealkylation sites (tertiary alicyclic amines) is 1. The number of hydrogen-bond acceptors (Lipinski definition) is 3. The highest BCUT2D eigenvalue weighted by molar-refractivity contribution is 6.30. The first-order valence-corrected chi connectivity index (χ1v) is 8.85. The number of halogens is 1. The van der Waals surface area contributed by atoms with Gasteiger partial charge in [0.2, 0.25) is 0 Å². The third-order valence-electron chi connectivity index (χ3n) is 5.10. The van der Waals surface area contributed by atoms with Crippen molar-refractivity contribution in [2.24, 2.45) is 5.92 Å². The molecule has 2 saturated heterocycles. The van der Waals surface area contributed by atoms with Crippen LogP contribution < -0.4 is 5.32 Å². The number of carbonyl (C=O) groups excluding carboxylic acids is 1. The van der Waals surface area contributed by atoms with Gasteiger partial charge in [-0.1, -0.05) is 17.7 Å². The Morgan fingerprint density at radius 1 is 1.33 bits per heavy atom. The molecule has 1 N–H and O–H groups in total. The molecule has 0 saturated carbocycles. The van der Waals surface area contributed by atoms with E-state index in [-0.39, 0.29) is 5.91 Å². The lowest BCUT2D eigenvalue weighted by molar-refractivity contribution is 0.0568. The molecule has 4 rings (SSSR count). The molecule has 1 amide bonds. The SMILES string of the molecule is Cc1cc(C(=O)N2CCC[C@H]3CNC[C@H]32)nn1-c1cccc(Cl)c1. The fourth-order valence-electron chi connectivity index (χ4n) is 3.92. The van der Waals surface area contributed by atoms with Gasteiger partial charge in [-0.15, -0.1) is 0 Å². The number of nitrogens with zero attached hydrogens (tertiary/aromatic N) is 3. The maximum absolute atomic E-state index is 13.0. The van der Waals surface area contributed by atoms with Crippen molar-refractivity contribution < 1.29 is 4.79 Å². The molecule has 1 aromatic heterocycles. The van der Waals surface area contributed by atoms with E-state index in [4.69, 9.17) is 11.6 Å². The number of rotatable bonds is 2. The van der Waals surface area contributed by atoms with Gasteiger partial charge in [-0.05, 0) is 49.9 Å². The fraction of sp³-hybridized carbons (Fsp3) is 0.444. The van der Waals surface area contributed by atoms with E-state index >= 15 is 0 Å². The van der Waals surface area contributed by atoms with Gasteiger partial charge in [-0.25, -0.2) is 4.68 Å². The van der Waals surface area contributed by atoms with Crippen LogP contribution in [-0.4, -0.2) is 46.3 Å². The van der Waals surface area contributed by atoms with Gasteiger partial charge in [-0.3, -0.25) is 4.79 Å². The molecule has 126 valence electrons. The van der Waals surface area contributed by atoms with E-state index in [0.29, 0.717) is 22.7 Å². The molecule has 2 aromatic rings. The first kappa shape index (κ1) is 15.7. The van der Waals surface area contributed by atoms with Crippen molar-refractivity contribution in [3.8, 4) is 5.69 Å². The van der Waals surface area contributed by atoms with Crippen molar-refractivity contribution in [2.75, 3.05) is 19.6 Å². The average Bonchev–Trinajstić information content (AvgIpc) is 3.20. The summed E-state index contributed by atoms with van der Waals surface area (Å²) in [6, 6.07) is 9.69. The molecule has 0 unspecified atom stereocenters. The molecule has 0 bridgehead atoms. The van der Waals surface area contributed by atoms with E-state index in [1.165, 1.54) is 6.42 Å². The van der Waals surface area contributed by atoms with Crippen LogP contribution in [0.5, 0.6) is 0 Å². The molecule has 0 aliphatic carbocycles. The average molecular weight is 345 g/mol. The van der Waals surface area contributed by atoms with Crippen molar-refractivity contribution >= 4 is 17.5 Å². The largest absolute Gasteiger partial charge is 0.333 e. The van der Waals surface area contributed by atoms with E-state index in [0.717, 1.165) is 37.4 Å². The molecule has 24 heavy (non-hydrogen) atoms. The Balaban J connectivity index is 1.63. The number of nitrogens with one attached hydrogen (secondary N) is 1. The van der Waals surface area contributed by atoms with Crippen molar-refractivity contribution in [3.05, 3.63) is 46.7 Å². The summed E-state index contributed by atoms with van der Waals surface area (Å²) in [5.41, 5.74) is 2.32. The summed E-state index contributed by atoms with van der Waals surface area (Å²) in [5.74, 6) is 0.621. The maximum atomic E-state index is 13.0. The monoisotopic (exact) mass is 344 g/mol. The van der Waals surface area contributed by atoms with Gasteiger partial charge in [0.05, 0.1) is 5.69 Å². The summed E-state index contributed by atoms with van der Waals surface area (Å²) in [6.07, 6.45) is 2.28. The summed E-state index contributed by atoms with van der Waals surface area (Å²) in [6.45, 7) is 4.69. The van der Waals surface area contributed by atoms with E-state index in [9.17, 15) is 4.79 Å². The third kappa shape index (κ3) is 2.72. The Kier molecular flexibility index (Phi) is 4.06. The lowest BCUT2D eigenvalue weighted by Gasteiger charge is -2.36. The van der Waals surface area contributed by atoms with Crippen molar-refractivity contribution in [1.29, 1.82) is 0 Å². The van der Waals surface area contributed by atoms with Crippen LogP contribution in [0.1, 0.15) is 29.0 Å². The molecular weight excluding hydrogens is 324 g/mol. The lowest BCUT2D eigenvalue weighted by atomic mass is 9.92. The van der Waals surface area contributed by atoms with Crippen molar-refractivity contribution in [1.82, 2.24) is 20.0 Å². The molecule has 2 atom stereocenters. The van der Waals surface area contributed by atoms with Crippen LogP contribution in [0, 0.1) is 12.8 Å². The summed E-state index contributed by atoms with van der Waals surface area (Å²) in [4.78, 5) is 15.0.